The number of aromatic nitrogens is 2. The molecule has 3 rings (SSSR count). The molecule has 0 aliphatic rings. The number of hydrogen-bond acceptors (Lipinski definition) is 7. The molecule has 3 aromatic rings. The molecule has 2 N–H and O–H groups in total. The third-order valence-corrected chi connectivity index (χ3v) is 5.93. The number of methoxy groups -OCH3 is 1. The molecule has 0 atom stereocenters. The lowest BCUT2D eigenvalue weighted by atomic mass is 10.2. The molecule has 2 amide bonds. The molecule has 0 fully saturated rings. The Bertz CT molecular complexity index is 1040. The van der Waals surface area contributed by atoms with Gasteiger partial charge in [0.1, 0.15) is 5.75 Å². The van der Waals surface area contributed by atoms with Crippen LogP contribution in [0.3, 0.4) is 0 Å². The van der Waals surface area contributed by atoms with Crippen molar-refractivity contribution >= 4 is 57.9 Å². The third kappa shape index (κ3) is 5.93. The highest BCUT2D eigenvalue weighted by molar-refractivity contribution is 8.01. The third-order valence-electron chi connectivity index (χ3n) is 3.64. The van der Waals surface area contributed by atoms with Gasteiger partial charge in [-0.15, -0.1) is 10.2 Å². The van der Waals surface area contributed by atoms with Crippen molar-refractivity contribution in [2.45, 2.75) is 11.3 Å². The highest BCUT2D eigenvalue weighted by atomic mass is 35.5. The van der Waals surface area contributed by atoms with Gasteiger partial charge in [-0.05, 0) is 42.8 Å². The van der Waals surface area contributed by atoms with E-state index < -0.39 is 0 Å². The molecule has 0 spiro atoms. The van der Waals surface area contributed by atoms with Gasteiger partial charge in [-0.2, -0.15) is 0 Å². The molecular weight excluding hydrogens is 432 g/mol. The summed E-state index contributed by atoms with van der Waals surface area (Å²) >= 11 is 8.23. The zero-order valence-electron chi connectivity index (χ0n) is 15.6. The summed E-state index contributed by atoms with van der Waals surface area (Å²) in [5, 5.41) is 14.1. The van der Waals surface area contributed by atoms with Crippen LogP contribution in [0.25, 0.3) is 0 Å². The maximum atomic E-state index is 12.3. The van der Waals surface area contributed by atoms with E-state index in [2.05, 4.69) is 20.8 Å². The Balaban J connectivity index is 1.55. The van der Waals surface area contributed by atoms with E-state index in [4.69, 9.17) is 16.3 Å². The summed E-state index contributed by atoms with van der Waals surface area (Å²) in [6.07, 6.45) is 0. The molecule has 0 saturated carbocycles. The number of carbonyl (C=O) groups excluding carboxylic acids is 2. The molecule has 0 aliphatic heterocycles. The first kappa shape index (κ1) is 21.1. The van der Waals surface area contributed by atoms with Gasteiger partial charge in [-0.25, -0.2) is 0 Å². The Morgan fingerprint density at radius 2 is 2.00 bits per heavy atom. The standard InChI is InChI=1S/C19H17ClN4O3S2/c1-11-6-7-15(27-2)14(8-11)22-16(25)10-28-19-24-23-18(29-19)17(26)21-13-5-3-4-12(20)9-13/h3-9H,10H2,1-2H3,(H,21,26)(H,22,25). The van der Waals surface area contributed by atoms with Gasteiger partial charge in [0.2, 0.25) is 10.9 Å². The first-order valence-electron chi connectivity index (χ1n) is 8.42. The lowest BCUT2D eigenvalue weighted by molar-refractivity contribution is -0.113. The second-order valence-electron chi connectivity index (χ2n) is 5.88. The fraction of sp³-hybridized carbons (Fsp3) is 0.158. The molecule has 150 valence electrons. The predicted molar refractivity (Wildman–Crippen MR) is 116 cm³/mol. The molecule has 29 heavy (non-hydrogen) atoms. The van der Waals surface area contributed by atoms with Crippen LogP contribution in [0.1, 0.15) is 15.4 Å². The maximum Gasteiger partial charge on any atom is 0.286 e. The zero-order valence-corrected chi connectivity index (χ0v) is 18.0. The molecule has 2 aromatic carbocycles. The van der Waals surface area contributed by atoms with E-state index in [1.807, 2.05) is 19.1 Å². The monoisotopic (exact) mass is 448 g/mol. The second kappa shape index (κ2) is 9.73. The van der Waals surface area contributed by atoms with E-state index in [1.165, 1.54) is 11.8 Å². The topological polar surface area (TPSA) is 93.2 Å². The van der Waals surface area contributed by atoms with Crippen molar-refractivity contribution in [3.63, 3.8) is 0 Å². The van der Waals surface area contributed by atoms with E-state index in [0.29, 0.717) is 26.5 Å². The molecule has 0 unspecified atom stereocenters. The number of nitrogens with zero attached hydrogens (tertiary/aromatic N) is 2. The van der Waals surface area contributed by atoms with Crippen molar-refractivity contribution in [2.75, 3.05) is 23.5 Å². The summed E-state index contributed by atoms with van der Waals surface area (Å²) < 4.78 is 5.78. The molecular formula is C19H17ClN4O3S2. The number of halogens is 1. The molecule has 7 nitrogen and oxygen atoms in total. The predicted octanol–water partition coefficient (Wildman–Crippen LogP) is 4.49. The normalized spacial score (nSPS) is 10.4. The van der Waals surface area contributed by atoms with E-state index in [9.17, 15) is 9.59 Å². The zero-order chi connectivity index (χ0) is 20.8. The number of aryl methyl sites for hydroxylation is 1. The van der Waals surface area contributed by atoms with E-state index in [-0.39, 0.29) is 22.6 Å². The Hall–Kier alpha value is -2.62. The first-order valence-corrected chi connectivity index (χ1v) is 10.6. The van der Waals surface area contributed by atoms with Gasteiger partial charge in [0.05, 0.1) is 18.6 Å². The van der Waals surface area contributed by atoms with Crippen LogP contribution in [0, 0.1) is 6.92 Å². The number of ether oxygens (including phenoxy) is 1. The van der Waals surface area contributed by atoms with E-state index in [0.717, 1.165) is 16.9 Å². The lowest BCUT2D eigenvalue weighted by Gasteiger charge is -2.10. The number of nitrogens with one attached hydrogen (secondary N) is 2. The number of carbonyl (C=O) groups is 2. The van der Waals surface area contributed by atoms with E-state index >= 15 is 0 Å². The van der Waals surface area contributed by atoms with Crippen LogP contribution in [0.2, 0.25) is 5.02 Å². The summed E-state index contributed by atoms with van der Waals surface area (Å²) in [7, 11) is 1.55. The summed E-state index contributed by atoms with van der Waals surface area (Å²) in [6.45, 7) is 1.93. The number of anilines is 2. The van der Waals surface area contributed by atoms with Crippen molar-refractivity contribution in [3.8, 4) is 5.75 Å². The van der Waals surface area contributed by atoms with Gasteiger partial charge in [-0.1, -0.05) is 46.8 Å². The highest BCUT2D eigenvalue weighted by Gasteiger charge is 2.15. The molecule has 10 heteroatoms. The van der Waals surface area contributed by atoms with Gasteiger partial charge in [0.25, 0.3) is 5.91 Å². The largest absolute Gasteiger partial charge is 0.495 e. The maximum absolute atomic E-state index is 12.3. The number of rotatable bonds is 7. The van der Waals surface area contributed by atoms with Crippen LogP contribution < -0.4 is 15.4 Å². The van der Waals surface area contributed by atoms with Crippen molar-refractivity contribution in [1.82, 2.24) is 10.2 Å². The lowest BCUT2D eigenvalue weighted by Crippen LogP contribution is -2.14. The van der Waals surface area contributed by atoms with Crippen molar-refractivity contribution < 1.29 is 14.3 Å². The Morgan fingerprint density at radius 1 is 1.17 bits per heavy atom. The minimum Gasteiger partial charge on any atom is -0.495 e. The minimum absolute atomic E-state index is 0.127. The van der Waals surface area contributed by atoms with Gasteiger partial charge in [0.15, 0.2) is 4.34 Å². The van der Waals surface area contributed by atoms with Gasteiger partial charge >= 0.3 is 0 Å². The number of benzene rings is 2. The fourth-order valence-corrected chi connectivity index (χ4v) is 4.08. The Kier molecular flexibility index (Phi) is 7.08. The fourth-order valence-electron chi connectivity index (χ4n) is 2.34. The molecule has 1 heterocycles. The smallest absolute Gasteiger partial charge is 0.286 e. The quantitative estimate of drug-likeness (QED) is 0.517. The van der Waals surface area contributed by atoms with Crippen LogP contribution in [0.5, 0.6) is 5.75 Å². The molecule has 1 aromatic heterocycles. The van der Waals surface area contributed by atoms with Gasteiger partial charge < -0.3 is 15.4 Å². The van der Waals surface area contributed by atoms with Crippen LogP contribution in [-0.4, -0.2) is 34.9 Å². The van der Waals surface area contributed by atoms with Crippen molar-refractivity contribution in [1.29, 1.82) is 0 Å². The number of amides is 2. The Labute approximate surface area is 180 Å². The summed E-state index contributed by atoms with van der Waals surface area (Å²) in [5.74, 6) is 0.121. The van der Waals surface area contributed by atoms with E-state index in [1.54, 1.807) is 37.4 Å². The summed E-state index contributed by atoms with van der Waals surface area (Å²) in [4.78, 5) is 24.5. The van der Waals surface area contributed by atoms with Crippen LogP contribution in [-0.2, 0) is 4.79 Å². The van der Waals surface area contributed by atoms with Crippen LogP contribution in [0.15, 0.2) is 46.8 Å². The minimum atomic E-state index is -0.384. The molecule has 0 radical (unpaired) electrons. The second-order valence-corrected chi connectivity index (χ2v) is 8.51. The molecule has 0 aliphatic carbocycles. The Morgan fingerprint density at radius 3 is 2.76 bits per heavy atom. The van der Waals surface area contributed by atoms with Gasteiger partial charge in [0, 0.05) is 10.7 Å². The highest BCUT2D eigenvalue weighted by Crippen LogP contribution is 2.27. The van der Waals surface area contributed by atoms with Crippen LogP contribution >= 0.6 is 34.7 Å². The summed E-state index contributed by atoms with van der Waals surface area (Å²) in [5.41, 5.74) is 2.18. The molecule has 0 saturated heterocycles. The average molecular weight is 449 g/mol. The average Bonchev–Trinajstić information content (AvgIpc) is 3.16. The summed E-state index contributed by atoms with van der Waals surface area (Å²) in [6, 6.07) is 12.4. The SMILES string of the molecule is COc1ccc(C)cc1NC(=O)CSc1nnc(C(=O)Nc2cccc(Cl)c2)s1. The first-order chi connectivity index (χ1) is 13.9. The molecule has 0 bridgehead atoms. The van der Waals surface area contributed by atoms with Crippen molar-refractivity contribution in [2.24, 2.45) is 0 Å². The van der Waals surface area contributed by atoms with Crippen LogP contribution in [0.4, 0.5) is 11.4 Å². The number of thioether (sulfide) groups is 1. The number of hydrogen-bond donors (Lipinski definition) is 2. The van der Waals surface area contributed by atoms with Crippen molar-refractivity contribution in [3.05, 3.63) is 58.1 Å². The van der Waals surface area contributed by atoms with Gasteiger partial charge in [-0.3, -0.25) is 9.59 Å².